The Hall–Kier alpha value is -7.83. The molecule has 0 aliphatic carbocycles. The molecule has 12 rings (SSSR count). The van der Waals surface area contributed by atoms with Crippen molar-refractivity contribution in [3.63, 3.8) is 0 Å². The molecule has 0 N–H and O–H groups in total. The van der Waals surface area contributed by atoms with Crippen molar-refractivity contribution in [3.8, 4) is 51.0 Å². The third kappa shape index (κ3) is 5.08. The summed E-state index contributed by atoms with van der Waals surface area (Å²) in [6, 6.07) is 62.8. The molecule has 0 radical (unpaired) electrons. The first-order valence-electron chi connectivity index (χ1n) is 19.0. The maximum atomic E-state index is 6.51. The number of hydrogen-bond acceptors (Lipinski definition) is 5. The number of rotatable bonds is 5. The lowest BCUT2D eigenvalue weighted by atomic mass is 10.0. The fourth-order valence-corrected chi connectivity index (χ4v) is 8.32. The molecule has 6 heteroatoms. The quantitative estimate of drug-likeness (QED) is 0.176. The van der Waals surface area contributed by atoms with Gasteiger partial charge < -0.3 is 13.4 Å². The summed E-state index contributed by atoms with van der Waals surface area (Å²) in [4.78, 5) is 14.8. The van der Waals surface area contributed by atoms with Gasteiger partial charge in [0, 0.05) is 54.7 Å². The Balaban J connectivity index is 0.950. The summed E-state index contributed by atoms with van der Waals surface area (Å²) in [5.41, 5.74) is 11.7. The van der Waals surface area contributed by atoms with Crippen LogP contribution >= 0.6 is 0 Å². The highest BCUT2D eigenvalue weighted by Gasteiger charge is 2.17. The molecule has 266 valence electrons. The van der Waals surface area contributed by atoms with E-state index in [-0.39, 0.29) is 0 Å². The summed E-state index contributed by atoms with van der Waals surface area (Å²) in [5.74, 6) is 1.86. The highest BCUT2D eigenvalue weighted by atomic mass is 16.3. The zero-order valence-corrected chi connectivity index (χ0v) is 30.4. The van der Waals surface area contributed by atoms with E-state index in [1.165, 1.54) is 21.8 Å². The molecule has 0 fully saturated rings. The first kappa shape index (κ1) is 31.5. The summed E-state index contributed by atoms with van der Waals surface area (Å²) in [7, 11) is 0. The van der Waals surface area contributed by atoms with Crippen LogP contribution in [0.25, 0.3) is 117 Å². The zero-order valence-electron chi connectivity index (χ0n) is 30.4. The van der Waals surface area contributed by atoms with Crippen LogP contribution in [0.4, 0.5) is 0 Å². The maximum Gasteiger partial charge on any atom is 0.164 e. The van der Waals surface area contributed by atoms with Crippen LogP contribution in [0.15, 0.2) is 191 Å². The molecule has 0 unspecified atom stereocenters. The van der Waals surface area contributed by atoms with E-state index in [1.807, 2.05) is 72.8 Å². The lowest BCUT2D eigenvalue weighted by Crippen LogP contribution is -2.00. The van der Waals surface area contributed by atoms with Gasteiger partial charge in [0.05, 0.1) is 11.0 Å². The molecule has 4 aromatic heterocycles. The van der Waals surface area contributed by atoms with Crippen LogP contribution in [-0.2, 0) is 0 Å². The molecule has 0 saturated heterocycles. The molecule has 0 atom stereocenters. The number of fused-ring (bicyclic) bond motifs is 9. The Morgan fingerprint density at radius 3 is 1.39 bits per heavy atom. The molecule has 57 heavy (non-hydrogen) atoms. The van der Waals surface area contributed by atoms with Gasteiger partial charge in [-0.3, -0.25) is 0 Å². The number of aromatic nitrogens is 4. The first-order chi connectivity index (χ1) is 28.2. The smallest absolute Gasteiger partial charge is 0.164 e. The standard InChI is InChI=1S/C51H30N4O2/c1-3-11-31(12-4-1)49-52-50(32-13-5-2-6-14-32)54-51(53-49)35-21-25-46-41(28-35)40-27-33(20-24-45(40)56-46)34-19-23-39-42-30-36(22-26-47(42)57-48(39)29-34)55-43-17-9-7-15-37(43)38-16-8-10-18-44(38)55/h1-30H. The van der Waals surface area contributed by atoms with Crippen molar-refractivity contribution >= 4 is 65.7 Å². The Morgan fingerprint density at radius 2 is 0.754 bits per heavy atom. The number of para-hydroxylation sites is 2. The third-order valence-corrected chi connectivity index (χ3v) is 11.1. The molecule has 4 heterocycles. The van der Waals surface area contributed by atoms with Crippen molar-refractivity contribution in [2.75, 3.05) is 0 Å². The predicted molar refractivity (Wildman–Crippen MR) is 230 cm³/mol. The van der Waals surface area contributed by atoms with E-state index < -0.39 is 0 Å². The molecule has 0 aliphatic heterocycles. The number of hydrogen-bond donors (Lipinski definition) is 0. The van der Waals surface area contributed by atoms with Crippen molar-refractivity contribution in [2.24, 2.45) is 0 Å². The van der Waals surface area contributed by atoms with Crippen LogP contribution in [0.3, 0.4) is 0 Å². The van der Waals surface area contributed by atoms with Gasteiger partial charge in [0.2, 0.25) is 0 Å². The Morgan fingerprint density at radius 1 is 0.298 bits per heavy atom. The van der Waals surface area contributed by atoms with E-state index in [0.717, 1.165) is 77.4 Å². The molecule has 8 aromatic carbocycles. The van der Waals surface area contributed by atoms with Crippen molar-refractivity contribution in [1.29, 1.82) is 0 Å². The van der Waals surface area contributed by atoms with Gasteiger partial charge >= 0.3 is 0 Å². The second kappa shape index (κ2) is 12.3. The molecule has 0 amide bonds. The Labute approximate surface area is 325 Å². The highest BCUT2D eigenvalue weighted by molar-refractivity contribution is 6.11. The van der Waals surface area contributed by atoms with Crippen LogP contribution in [0.2, 0.25) is 0 Å². The lowest BCUT2D eigenvalue weighted by molar-refractivity contribution is 0.669. The van der Waals surface area contributed by atoms with Crippen LogP contribution in [0.5, 0.6) is 0 Å². The lowest BCUT2D eigenvalue weighted by Gasteiger charge is -2.08. The van der Waals surface area contributed by atoms with Gasteiger partial charge in [0.25, 0.3) is 0 Å². The summed E-state index contributed by atoms with van der Waals surface area (Å²) < 4.78 is 15.2. The second-order valence-electron chi connectivity index (χ2n) is 14.4. The van der Waals surface area contributed by atoms with Crippen LogP contribution in [0, 0.1) is 0 Å². The predicted octanol–water partition coefficient (Wildman–Crippen LogP) is 13.4. The number of nitrogens with zero attached hydrogens (tertiary/aromatic N) is 4. The van der Waals surface area contributed by atoms with Crippen LogP contribution in [0.1, 0.15) is 0 Å². The van der Waals surface area contributed by atoms with Crippen LogP contribution < -0.4 is 0 Å². The molecule has 0 saturated carbocycles. The SMILES string of the molecule is c1ccc(-c2nc(-c3ccccc3)nc(-c3ccc4oc5ccc(-c6ccc7c(c6)oc6ccc(-n8c9ccccc9c9ccccc98)cc67)cc5c4c3)n2)cc1. The van der Waals surface area contributed by atoms with Gasteiger partial charge in [-0.25, -0.2) is 15.0 Å². The van der Waals surface area contributed by atoms with Crippen molar-refractivity contribution in [1.82, 2.24) is 19.5 Å². The maximum absolute atomic E-state index is 6.51. The summed E-state index contributed by atoms with van der Waals surface area (Å²) in [5, 5.41) is 6.67. The molecular weight excluding hydrogens is 701 g/mol. The van der Waals surface area contributed by atoms with Gasteiger partial charge in [0.1, 0.15) is 22.3 Å². The van der Waals surface area contributed by atoms with Gasteiger partial charge in [-0.2, -0.15) is 0 Å². The minimum absolute atomic E-state index is 0.603. The Bertz CT molecular complexity index is 3410. The molecule has 0 aliphatic rings. The van der Waals surface area contributed by atoms with Crippen molar-refractivity contribution in [3.05, 3.63) is 182 Å². The highest BCUT2D eigenvalue weighted by Crippen LogP contribution is 2.39. The van der Waals surface area contributed by atoms with E-state index in [9.17, 15) is 0 Å². The average molecular weight is 731 g/mol. The van der Waals surface area contributed by atoms with E-state index in [4.69, 9.17) is 23.8 Å². The topological polar surface area (TPSA) is 69.9 Å². The molecule has 6 nitrogen and oxygen atoms in total. The van der Waals surface area contributed by atoms with Crippen molar-refractivity contribution < 1.29 is 8.83 Å². The molecule has 12 aromatic rings. The van der Waals surface area contributed by atoms with Crippen LogP contribution in [-0.4, -0.2) is 19.5 Å². The second-order valence-corrected chi connectivity index (χ2v) is 14.4. The third-order valence-electron chi connectivity index (χ3n) is 11.1. The molecule has 0 spiro atoms. The van der Waals surface area contributed by atoms with E-state index >= 15 is 0 Å². The molecule has 0 bridgehead atoms. The fraction of sp³-hybridized carbons (Fsp3) is 0. The Kier molecular flexibility index (Phi) is 6.83. The minimum atomic E-state index is 0.603. The van der Waals surface area contributed by atoms with Gasteiger partial charge in [-0.05, 0) is 83.9 Å². The first-order valence-corrected chi connectivity index (χ1v) is 19.0. The van der Waals surface area contributed by atoms with E-state index in [1.54, 1.807) is 0 Å². The zero-order chi connectivity index (χ0) is 37.5. The molecular formula is C51H30N4O2. The van der Waals surface area contributed by atoms with Gasteiger partial charge in [-0.15, -0.1) is 0 Å². The minimum Gasteiger partial charge on any atom is -0.456 e. The number of furan rings is 2. The van der Waals surface area contributed by atoms with Gasteiger partial charge in [-0.1, -0.05) is 109 Å². The van der Waals surface area contributed by atoms with Gasteiger partial charge in [0.15, 0.2) is 17.5 Å². The number of benzene rings is 8. The summed E-state index contributed by atoms with van der Waals surface area (Å²) >= 11 is 0. The van der Waals surface area contributed by atoms with Crippen molar-refractivity contribution in [2.45, 2.75) is 0 Å². The average Bonchev–Trinajstić information content (AvgIpc) is 3.95. The normalized spacial score (nSPS) is 11.9. The van der Waals surface area contributed by atoms with E-state index in [2.05, 4.69) is 114 Å². The largest absolute Gasteiger partial charge is 0.456 e. The summed E-state index contributed by atoms with van der Waals surface area (Å²) in [6.45, 7) is 0. The fourth-order valence-electron chi connectivity index (χ4n) is 8.32. The monoisotopic (exact) mass is 730 g/mol. The summed E-state index contributed by atoms with van der Waals surface area (Å²) in [6.07, 6.45) is 0. The van der Waals surface area contributed by atoms with E-state index in [0.29, 0.717) is 17.5 Å².